The molecule has 1 aromatic rings. The van der Waals surface area contributed by atoms with Crippen molar-refractivity contribution in [1.29, 1.82) is 0 Å². The number of halogens is 4. The Bertz CT molecular complexity index is 432. The molecule has 3 nitrogen and oxygen atoms in total. The van der Waals surface area contributed by atoms with Crippen LogP contribution in [-0.4, -0.2) is 22.8 Å². The van der Waals surface area contributed by atoms with Gasteiger partial charge in [0, 0.05) is 19.2 Å². The fourth-order valence-corrected chi connectivity index (χ4v) is 1.87. The normalized spacial score (nSPS) is 21.1. The molecule has 1 aliphatic heterocycles. The summed E-state index contributed by atoms with van der Waals surface area (Å²) in [5.74, 6) is -0.0246. The van der Waals surface area contributed by atoms with Crippen LogP contribution in [0.25, 0.3) is 0 Å². The summed E-state index contributed by atoms with van der Waals surface area (Å²) in [5.41, 5.74) is -0.838. The Kier molecular flexibility index (Phi) is 2.99. The number of pyridine rings is 1. The van der Waals surface area contributed by atoms with Gasteiger partial charge in [-0.25, -0.2) is 4.98 Å². The molecule has 0 aliphatic carbocycles. The molecule has 1 aromatic heterocycles. The van der Waals surface area contributed by atoms with E-state index in [1.54, 1.807) is 0 Å². The summed E-state index contributed by atoms with van der Waals surface area (Å²) in [6.45, 7) is 0.277. The summed E-state index contributed by atoms with van der Waals surface area (Å²) >= 11 is 5.79. The van der Waals surface area contributed by atoms with Gasteiger partial charge < -0.3 is 0 Å². The molecule has 1 unspecified atom stereocenters. The van der Waals surface area contributed by atoms with Crippen LogP contribution in [-0.2, 0) is 11.0 Å². The maximum atomic E-state index is 12.3. The van der Waals surface area contributed by atoms with Gasteiger partial charge in [-0.05, 0) is 12.1 Å². The number of rotatable bonds is 1. The van der Waals surface area contributed by atoms with E-state index in [1.807, 2.05) is 0 Å². The molecule has 2 heterocycles. The minimum Gasteiger partial charge on any atom is -0.295 e. The predicted octanol–water partition coefficient (Wildman–Crippen LogP) is 2.44. The minimum absolute atomic E-state index is 0.185. The zero-order chi connectivity index (χ0) is 12.6. The molecule has 1 saturated heterocycles. The van der Waals surface area contributed by atoms with Gasteiger partial charge in [-0.15, -0.1) is 11.6 Å². The summed E-state index contributed by atoms with van der Waals surface area (Å²) < 4.78 is 36.9. The van der Waals surface area contributed by atoms with Gasteiger partial charge in [-0.2, -0.15) is 13.2 Å². The molecule has 2 rings (SSSR count). The lowest BCUT2D eigenvalue weighted by Crippen LogP contribution is -2.25. The lowest BCUT2D eigenvalue weighted by atomic mass is 10.3. The van der Waals surface area contributed by atoms with E-state index in [0.29, 0.717) is 6.20 Å². The predicted molar refractivity (Wildman–Crippen MR) is 55.9 cm³/mol. The van der Waals surface area contributed by atoms with Crippen molar-refractivity contribution < 1.29 is 18.0 Å². The second-order valence-electron chi connectivity index (χ2n) is 3.71. The van der Waals surface area contributed by atoms with Gasteiger partial charge in [0.25, 0.3) is 0 Å². The quantitative estimate of drug-likeness (QED) is 0.730. The number of nitrogens with zero attached hydrogens (tertiary/aromatic N) is 2. The number of carbonyl (C=O) groups is 1. The Morgan fingerprint density at radius 1 is 1.41 bits per heavy atom. The summed E-state index contributed by atoms with van der Waals surface area (Å²) in [6, 6.07) is 2.08. The number of hydrogen-bond acceptors (Lipinski definition) is 2. The first-order chi connectivity index (χ1) is 7.88. The Hall–Kier alpha value is -1.30. The van der Waals surface area contributed by atoms with Crippen molar-refractivity contribution >= 4 is 23.3 Å². The third kappa shape index (κ3) is 2.52. The van der Waals surface area contributed by atoms with Crippen molar-refractivity contribution in [2.45, 2.75) is 18.0 Å². The lowest BCUT2D eigenvalue weighted by Gasteiger charge is -2.15. The highest BCUT2D eigenvalue weighted by atomic mass is 35.5. The van der Waals surface area contributed by atoms with Crippen LogP contribution in [0.3, 0.4) is 0 Å². The fourth-order valence-electron chi connectivity index (χ4n) is 1.60. The minimum atomic E-state index is -4.42. The van der Waals surface area contributed by atoms with E-state index in [1.165, 1.54) is 11.0 Å². The molecule has 0 N–H and O–H groups in total. The molecule has 0 saturated carbocycles. The average molecular weight is 265 g/mol. The molecule has 1 aliphatic rings. The van der Waals surface area contributed by atoms with E-state index >= 15 is 0 Å². The maximum Gasteiger partial charge on any atom is 0.417 e. The number of alkyl halides is 4. The van der Waals surface area contributed by atoms with Crippen molar-refractivity contribution in [2.24, 2.45) is 0 Å². The van der Waals surface area contributed by atoms with Crippen LogP contribution in [0.1, 0.15) is 12.0 Å². The molecule has 1 amide bonds. The standard InChI is InChI=1S/C10H8ClF3N2O/c11-7-3-9(17)16(5-7)8-2-1-6(4-15-8)10(12,13)14/h1-2,4,7H,3,5H2. The van der Waals surface area contributed by atoms with E-state index in [4.69, 9.17) is 11.6 Å². The Morgan fingerprint density at radius 3 is 2.53 bits per heavy atom. The monoisotopic (exact) mass is 264 g/mol. The van der Waals surface area contributed by atoms with Gasteiger partial charge in [-0.3, -0.25) is 9.69 Å². The Labute approximate surface area is 100 Å². The molecule has 0 spiro atoms. The van der Waals surface area contributed by atoms with Gasteiger partial charge in [0.15, 0.2) is 0 Å². The molecule has 7 heteroatoms. The van der Waals surface area contributed by atoms with E-state index in [2.05, 4.69) is 4.98 Å². The van der Waals surface area contributed by atoms with Gasteiger partial charge in [0.1, 0.15) is 5.82 Å². The number of hydrogen-bond donors (Lipinski definition) is 0. The average Bonchev–Trinajstić information content (AvgIpc) is 2.57. The SMILES string of the molecule is O=C1CC(Cl)CN1c1ccc(C(F)(F)F)cn1. The van der Waals surface area contributed by atoms with E-state index in [-0.39, 0.29) is 30.1 Å². The molecule has 0 radical (unpaired) electrons. The van der Waals surface area contributed by atoms with Crippen LogP contribution in [0.2, 0.25) is 0 Å². The summed E-state index contributed by atoms with van der Waals surface area (Å²) in [4.78, 5) is 16.4. The third-order valence-corrected chi connectivity index (χ3v) is 2.72. The highest BCUT2D eigenvalue weighted by molar-refractivity contribution is 6.24. The van der Waals surface area contributed by atoms with E-state index < -0.39 is 11.7 Å². The highest BCUT2D eigenvalue weighted by Crippen LogP contribution is 2.30. The van der Waals surface area contributed by atoms with Crippen LogP contribution < -0.4 is 4.90 Å². The van der Waals surface area contributed by atoms with Crippen molar-refractivity contribution in [3.63, 3.8) is 0 Å². The van der Waals surface area contributed by atoms with Crippen molar-refractivity contribution in [3.8, 4) is 0 Å². The molecule has 17 heavy (non-hydrogen) atoms. The van der Waals surface area contributed by atoms with Gasteiger partial charge >= 0.3 is 6.18 Å². The largest absolute Gasteiger partial charge is 0.417 e. The van der Waals surface area contributed by atoms with Gasteiger partial charge in [-0.1, -0.05) is 0 Å². The van der Waals surface area contributed by atoms with Gasteiger partial charge in [0.05, 0.1) is 10.9 Å². The second kappa shape index (κ2) is 4.18. The zero-order valence-corrected chi connectivity index (χ0v) is 9.29. The maximum absolute atomic E-state index is 12.3. The number of amides is 1. The van der Waals surface area contributed by atoms with Gasteiger partial charge in [0.2, 0.25) is 5.91 Å². The first-order valence-corrected chi connectivity index (χ1v) is 5.29. The van der Waals surface area contributed by atoms with Crippen LogP contribution in [0.4, 0.5) is 19.0 Å². The topological polar surface area (TPSA) is 33.2 Å². The summed E-state index contributed by atoms with van der Waals surface area (Å²) in [7, 11) is 0. The second-order valence-corrected chi connectivity index (χ2v) is 4.33. The number of carbonyl (C=O) groups excluding carboxylic acids is 1. The van der Waals surface area contributed by atoms with Crippen molar-refractivity contribution in [3.05, 3.63) is 23.9 Å². The highest BCUT2D eigenvalue weighted by Gasteiger charge is 2.33. The van der Waals surface area contributed by atoms with Crippen molar-refractivity contribution in [2.75, 3.05) is 11.4 Å². The van der Waals surface area contributed by atoms with Crippen LogP contribution >= 0.6 is 11.6 Å². The lowest BCUT2D eigenvalue weighted by molar-refractivity contribution is -0.137. The third-order valence-electron chi connectivity index (χ3n) is 2.43. The summed E-state index contributed by atoms with van der Waals surface area (Å²) in [6.07, 6.45) is -3.52. The number of aromatic nitrogens is 1. The fraction of sp³-hybridized carbons (Fsp3) is 0.400. The van der Waals surface area contributed by atoms with E-state index in [0.717, 1.165) is 6.07 Å². The first-order valence-electron chi connectivity index (χ1n) is 4.85. The van der Waals surface area contributed by atoms with Crippen molar-refractivity contribution in [1.82, 2.24) is 4.98 Å². The molecular weight excluding hydrogens is 257 g/mol. The molecular formula is C10H8ClF3N2O. The number of anilines is 1. The first kappa shape index (κ1) is 12.2. The van der Waals surface area contributed by atoms with Crippen LogP contribution in [0.5, 0.6) is 0 Å². The zero-order valence-electron chi connectivity index (χ0n) is 8.54. The molecule has 1 fully saturated rings. The van der Waals surface area contributed by atoms with E-state index in [9.17, 15) is 18.0 Å². The molecule has 92 valence electrons. The Morgan fingerprint density at radius 2 is 2.12 bits per heavy atom. The summed E-state index contributed by atoms with van der Waals surface area (Å²) in [5, 5.41) is -0.313. The van der Waals surface area contributed by atoms with Crippen LogP contribution in [0.15, 0.2) is 18.3 Å². The molecule has 0 aromatic carbocycles. The molecule has 1 atom stereocenters. The Balaban J connectivity index is 2.22. The molecule has 0 bridgehead atoms. The smallest absolute Gasteiger partial charge is 0.295 e. The van der Waals surface area contributed by atoms with Crippen LogP contribution in [0, 0.1) is 0 Å².